The minimum Gasteiger partial charge on any atom is -0.484 e. The number of hydrogen-bond acceptors (Lipinski definition) is 4. The normalized spacial score (nSPS) is 12.2. The van der Waals surface area contributed by atoms with Crippen LogP contribution in [0.4, 0.5) is 0 Å². The fourth-order valence-corrected chi connectivity index (χ4v) is 4.95. The molecule has 0 spiro atoms. The van der Waals surface area contributed by atoms with Crippen LogP contribution in [-0.2, 0) is 16.1 Å². The number of rotatable bonds is 11. The minimum atomic E-state index is -0.773. The van der Waals surface area contributed by atoms with Gasteiger partial charge in [-0.1, -0.05) is 72.9 Å². The molecule has 2 amide bonds. The first-order chi connectivity index (χ1) is 19.6. The van der Waals surface area contributed by atoms with E-state index >= 15 is 0 Å². The van der Waals surface area contributed by atoms with Crippen LogP contribution >= 0.6 is 34.8 Å². The number of nitrogens with one attached hydrogen (secondary N) is 2. The average Bonchev–Trinajstić information content (AvgIpc) is 3.20. The van der Waals surface area contributed by atoms with Crippen molar-refractivity contribution in [2.75, 3.05) is 6.61 Å². The van der Waals surface area contributed by atoms with Crippen molar-refractivity contribution in [2.45, 2.75) is 39.8 Å². The highest BCUT2D eigenvalue weighted by Crippen LogP contribution is 2.28. The number of fused-ring (bicyclic) bond motifs is 1. The third-order valence-electron chi connectivity index (χ3n) is 6.52. The van der Waals surface area contributed by atoms with Gasteiger partial charge < -0.3 is 14.6 Å². The molecule has 41 heavy (non-hydrogen) atoms. The molecule has 0 radical (unpaired) electrons. The molecule has 0 aliphatic rings. The maximum Gasteiger partial charge on any atom is 0.262 e. The number of amides is 2. The van der Waals surface area contributed by atoms with E-state index in [9.17, 15) is 9.59 Å². The van der Waals surface area contributed by atoms with Crippen molar-refractivity contribution in [1.29, 1.82) is 0 Å². The molecular weight excluding hydrogens is 583 g/mol. The average molecular weight is 614 g/mol. The van der Waals surface area contributed by atoms with E-state index in [0.29, 0.717) is 33.8 Å². The Morgan fingerprint density at radius 3 is 2.44 bits per heavy atom. The second-order valence-corrected chi connectivity index (χ2v) is 11.3. The third-order valence-corrected chi connectivity index (χ3v) is 7.51. The lowest BCUT2D eigenvalue weighted by atomic mass is 10.0. The lowest BCUT2D eigenvalue weighted by molar-refractivity contribution is -0.130. The molecule has 1 aromatic heterocycles. The summed E-state index contributed by atoms with van der Waals surface area (Å²) < 4.78 is 7.68. The molecule has 0 saturated heterocycles. The number of nitrogens with zero attached hydrogens (tertiary/aromatic N) is 2. The summed E-state index contributed by atoms with van der Waals surface area (Å²) in [6.07, 6.45) is 2.08. The number of carbonyl (C=O) groups excluding carboxylic acids is 2. The van der Waals surface area contributed by atoms with Gasteiger partial charge >= 0.3 is 0 Å². The predicted molar refractivity (Wildman–Crippen MR) is 166 cm³/mol. The standard InChI is InChI=1S/C31H31Cl3N4O3/c1-19(2)14-28(36-30(39)18-41-23-11-9-22(32)10-12-23)31(40)37-35-16-25-20(3)38(29-7-5-4-6-24(25)29)17-21-8-13-26(33)27(34)15-21/h4-13,15-16,19,28H,14,17-18H2,1-3H3,(H,36,39)(H,37,40)/b35-16-/t28-/m1/s1. The topological polar surface area (TPSA) is 84.7 Å². The van der Waals surface area contributed by atoms with Gasteiger partial charge in [-0.05, 0) is 67.3 Å². The van der Waals surface area contributed by atoms with Gasteiger partial charge in [-0.15, -0.1) is 0 Å². The monoisotopic (exact) mass is 612 g/mol. The highest BCUT2D eigenvalue weighted by molar-refractivity contribution is 6.42. The van der Waals surface area contributed by atoms with Crippen LogP contribution in [0, 0.1) is 12.8 Å². The van der Waals surface area contributed by atoms with Crippen molar-refractivity contribution in [1.82, 2.24) is 15.3 Å². The number of aromatic nitrogens is 1. The lowest BCUT2D eigenvalue weighted by Crippen LogP contribution is -2.47. The molecule has 0 aliphatic carbocycles. The van der Waals surface area contributed by atoms with Crippen LogP contribution in [-0.4, -0.2) is 35.2 Å². The Morgan fingerprint density at radius 1 is 1.00 bits per heavy atom. The van der Waals surface area contributed by atoms with Crippen LogP contribution in [0.15, 0.2) is 71.8 Å². The number of ether oxygens (including phenoxy) is 1. The second kappa shape index (κ2) is 13.9. The largest absolute Gasteiger partial charge is 0.484 e. The van der Waals surface area contributed by atoms with Crippen LogP contribution in [0.5, 0.6) is 5.75 Å². The maximum absolute atomic E-state index is 13.0. The molecule has 2 N–H and O–H groups in total. The van der Waals surface area contributed by atoms with Crippen molar-refractivity contribution < 1.29 is 14.3 Å². The lowest BCUT2D eigenvalue weighted by Gasteiger charge is -2.19. The Bertz CT molecular complexity index is 1570. The highest BCUT2D eigenvalue weighted by Gasteiger charge is 2.22. The number of carbonyl (C=O) groups is 2. The van der Waals surface area contributed by atoms with Crippen LogP contribution in [0.3, 0.4) is 0 Å². The summed E-state index contributed by atoms with van der Waals surface area (Å²) in [6.45, 7) is 6.31. The summed E-state index contributed by atoms with van der Waals surface area (Å²) in [5, 5.41) is 9.60. The van der Waals surface area contributed by atoms with E-state index in [-0.39, 0.29) is 12.5 Å². The Kier molecular flexibility index (Phi) is 10.3. The maximum atomic E-state index is 13.0. The van der Waals surface area contributed by atoms with Gasteiger partial charge in [0.05, 0.1) is 16.3 Å². The van der Waals surface area contributed by atoms with E-state index in [1.54, 1.807) is 36.5 Å². The Hall–Kier alpha value is -3.52. The van der Waals surface area contributed by atoms with E-state index in [0.717, 1.165) is 27.7 Å². The van der Waals surface area contributed by atoms with Gasteiger partial charge in [0.1, 0.15) is 11.8 Å². The summed E-state index contributed by atoms with van der Waals surface area (Å²) in [5.74, 6) is -0.153. The minimum absolute atomic E-state index is 0.161. The molecule has 4 aromatic rings. The Morgan fingerprint density at radius 2 is 1.73 bits per heavy atom. The van der Waals surface area contributed by atoms with Gasteiger partial charge in [-0.25, -0.2) is 5.43 Å². The summed E-state index contributed by atoms with van der Waals surface area (Å²) >= 11 is 18.2. The van der Waals surface area contributed by atoms with E-state index in [1.807, 2.05) is 57.2 Å². The van der Waals surface area contributed by atoms with E-state index in [4.69, 9.17) is 39.5 Å². The summed E-state index contributed by atoms with van der Waals surface area (Å²) in [6, 6.07) is 19.5. The molecule has 0 saturated carbocycles. The van der Waals surface area contributed by atoms with Crippen LogP contribution in [0.25, 0.3) is 10.9 Å². The van der Waals surface area contributed by atoms with Crippen molar-refractivity contribution in [3.8, 4) is 5.75 Å². The molecule has 214 valence electrons. The van der Waals surface area contributed by atoms with Crippen LogP contribution < -0.4 is 15.5 Å². The Labute approximate surface area is 254 Å². The zero-order valence-corrected chi connectivity index (χ0v) is 25.2. The number of hydrazone groups is 1. The summed E-state index contributed by atoms with van der Waals surface area (Å²) in [4.78, 5) is 25.6. The van der Waals surface area contributed by atoms with Gasteiger partial charge in [0.2, 0.25) is 0 Å². The van der Waals surface area contributed by atoms with E-state index in [1.165, 1.54) is 0 Å². The van der Waals surface area contributed by atoms with Gasteiger partial charge in [0.25, 0.3) is 11.8 Å². The van der Waals surface area contributed by atoms with E-state index in [2.05, 4.69) is 20.4 Å². The molecule has 7 nitrogen and oxygen atoms in total. The number of benzene rings is 3. The predicted octanol–water partition coefficient (Wildman–Crippen LogP) is 7.02. The third kappa shape index (κ3) is 8.03. The van der Waals surface area contributed by atoms with Crippen molar-refractivity contribution in [2.24, 2.45) is 11.0 Å². The fraction of sp³-hybridized carbons (Fsp3) is 0.258. The molecule has 1 atom stereocenters. The van der Waals surface area contributed by atoms with Crippen molar-refractivity contribution in [3.63, 3.8) is 0 Å². The molecule has 4 rings (SSSR count). The molecule has 0 fully saturated rings. The number of hydrogen-bond donors (Lipinski definition) is 2. The van der Waals surface area contributed by atoms with E-state index < -0.39 is 17.9 Å². The molecule has 1 heterocycles. The molecule has 0 bridgehead atoms. The quantitative estimate of drug-likeness (QED) is 0.141. The van der Waals surface area contributed by atoms with Crippen molar-refractivity contribution in [3.05, 3.63) is 98.6 Å². The first-order valence-electron chi connectivity index (χ1n) is 13.1. The van der Waals surface area contributed by atoms with Crippen LogP contribution in [0.2, 0.25) is 15.1 Å². The SMILES string of the molecule is Cc1c(/C=N\NC(=O)[C@@H](CC(C)C)NC(=O)COc2ccc(Cl)cc2)c2ccccc2n1Cc1ccc(Cl)c(Cl)c1. The highest BCUT2D eigenvalue weighted by atomic mass is 35.5. The first-order valence-corrected chi connectivity index (χ1v) is 14.3. The molecule has 0 aliphatic heterocycles. The molecule has 3 aromatic carbocycles. The fourth-order valence-electron chi connectivity index (χ4n) is 4.50. The van der Waals surface area contributed by atoms with Crippen LogP contribution in [0.1, 0.15) is 37.1 Å². The summed E-state index contributed by atoms with van der Waals surface area (Å²) in [5.41, 5.74) is 6.49. The van der Waals surface area contributed by atoms with Gasteiger partial charge in [-0.2, -0.15) is 5.10 Å². The van der Waals surface area contributed by atoms with Crippen molar-refractivity contribution >= 4 is 63.7 Å². The molecule has 10 heteroatoms. The zero-order valence-electron chi connectivity index (χ0n) is 23.0. The Balaban J connectivity index is 1.46. The molecular formula is C31H31Cl3N4O3. The zero-order chi connectivity index (χ0) is 29.5. The van der Waals surface area contributed by atoms with Gasteiger partial charge in [0, 0.05) is 33.7 Å². The molecule has 0 unspecified atom stereocenters. The first kappa shape index (κ1) is 30.4. The number of halogens is 3. The number of para-hydroxylation sites is 1. The second-order valence-electron chi connectivity index (χ2n) is 10.1. The van der Waals surface area contributed by atoms with Gasteiger partial charge in [-0.3, -0.25) is 9.59 Å². The smallest absolute Gasteiger partial charge is 0.262 e. The van der Waals surface area contributed by atoms with Gasteiger partial charge in [0.15, 0.2) is 6.61 Å². The summed E-state index contributed by atoms with van der Waals surface area (Å²) in [7, 11) is 0.